The zero-order valence-corrected chi connectivity index (χ0v) is 17.3. The summed E-state index contributed by atoms with van der Waals surface area (Å²) in [5, 5.41) is 4.95. The number of rotatable bonds is 9. The molecule has 0 aliphatic carbocycles. The minimum Gasteiger partial charge on any atom is -0.484 e. The first-order chi connectivity index (χ1) is 14.0. The van der Waals surface area contributed by atoms with E-state index in [1.807, 2.05) is 43.7 Å². The van der Waals surface area contributed by atoms with Gasteiger partial charge in [-0.05, 0) is 49.8 Å². The minimum absolute atomic E-state index is 0.0433. The number of hydrogen-bond donors (Lipinski definition) is 1. The summed E-state index contributed by atoms with van der Waals surface area (Å²) in [7, 11) is 3.98. The Morgan fingerprint density at radius 1 is 0.966 bits per heavy atom. The average Bonchev–Trinajstić information content (AvgIpc) is 3.27. The molecule has 0 aliphatic rings. The highest BCUT2D eigenvalue weighted by atomic mass is 32.1. The van der Waals surface area contributed by atoms with E-state index in [2.05, 4.69) is 16.3 Å². The highest BCUT2D eigenvalue weighted by Gasteiger charge is 2.16. The first-order valence-electron chi connectivity index (χ1n) is 9.33. The van der Waals surface area contributed by atoms with E-state index in [0.717, 1.165) is 0 Å². The second-order valence-corrected chi connectivity index (χ2v) is 7.79. The predicted octanol–water partition coefficient (Wildman–Crippen LogP) is 3.78. The van der Waals surface area contributed by atoms with Crippen LogP contribution in [0.2, 0.25) is 0 Å². The molecule has 0 bridgehead atoms. The smallest absolute Gasteiger partial charge is 0.258 e. The van der Waals surface area contributed by atoms with Crippen LogP contribution in [0.1, 0.15) is 26.8 Å². The molecule has 0 fully saturated rings. The molecule has 0 aliphatic heterocycles. The van der Waals surface area contributed by atoms with Crippen molar-refractivity contribution in [1.82, 2.24) is 10.2 Å². The molecule has 1 aromatic heterocycles. The number of amides is 1. The van der Waals surface area contributed by atoms with Gasteiger partial charge in [0.1, 0.15) is 5.75 Å². The fourth-order valence-corrected chi connectivity index (χ4v) is 3.81. The highest BCUT2D eigenvalue weighted by molar-refractivity contribution is 7.10. The molecule has 1 N–H and O–H groups in total. The van der Waals surface area contributed by atoms with Crippen LogP contribution >= 0.6 is 11.3 Å². The Labute approximate surface area is 174 Å². The summed E-state index contributed by atoms with van der Waals surface area (Å²) in [6.45, 7) is 0.441. The van der Waals surface area contributed by atoms with Crippen LogP contribution in [0.15, 0.2) is 72.1 Å². The van der Waals surface area contributed by atoms with Crippen LogP contribution in [0.3, 0.4) is 0 Å². The maximum atomic E-state index is 12.4. The molecule has 0 spiro atoms. The number of ketones is 1. The lowest BCUT2D eigenvalue weighted by molar-refractivity contribution is -0.123. The van der Waals surface area contributed by atoms with Crippen molar-refractivity contribution in [2.45, 2.75) is 6.04 Å². The van der Waals surface area contributed by atoms with Gasteiger partial charge in [-0.1, -0.05) is 36.4 Å². The third-order valence-corrected chi connectivity index (χ3v) is 5.48. The summed E-state index contributed by atoms with van der Waals surface area (Å²) in [6, 6.07) is 20.2. The van der Waals surface area contributed by atoms with E-state index >= 15 is 0 Å². The van der Waals surface area contributed by atoms with Crippen LogP contribution in [0.5, 0.6) is 5.75 Å². The topological polar surface area (TPSA) is 58.6 Å². The van der Waals surface area contributed by atoms with E-state index in [1.165, 1.54) is 4.88 Å². The molecule has 3 rings (SSSR count). The Hall–Kier alpha value is -2.96. The summed E-state index contributed by atoms with van der Waals surface area (Å²) < 4.78 is 5.56. The quantitative estimate of drug-likeness (QED) is 0.548. The lowest BCUT2D eigenvalue weighted by Crippen LogP contribution is -2.36. The van der Waals surface area contributed by atoms with Gasteiger partial charge in [0.05, 0.1) is 6.04 Å². The van der Waals surface area contributed by atoms with Crippen molar-refractivity contribution in [1.29, 1.82) is 0 Å². The number of likely N-dealkylation sites (N-methyl/N-ethyl adjacent to an activating group) is 1. The molecule has 5 nitrogen and oxygen atoms in total. The first-order valence-corrected chi connectivity index (χ1v) is 10.2. The number of ether oxygens (including phenoxy) is 1. The van der Waals surface area contributed by atoms with E-state index < -0.39 is 0 Å². The maximum Gasteiger partial charge on any atom is 0.258 e. The zero-order valence-electron chi connectivity index (χ0n) is 16.5. The molecule has 1 amide bonds. The molecule has 0 saturated carbocycles. The van der Waals surface area contributed by atoms with Crippen LogP contribution in [0, 0.1) is 0 Å². The summed E-state index contributed by atoms with van der Waals surface area (Å²) >= 11 is 1.67. The number of carbonyl (C=O) groups excluding carboxylic acids is 2. The number of nitrogens with one attached hydrogen (secondary N) is 1. The number of benzene rings is 2. The van der Waals surface area contributed by atoms with Gasteiger partial charge < -0.3 is 15.0 Å². The van der Waals surface area contributed by atoms with Crippen molar-refractivity contribution in [2.24, 2.45) is 0 Å². The second-order valence-electron chi connectivity index (χ2n) is 6.81. The molecule has 0 radical (unpaired) electrons. The summed E-state index contributed by atoms with van der Waals surface area (Å²) in [6.07, 6.45) is 0. The SMILES string of the molecule is CN(C)C(CNC(=O)COc1ccc(C(=O)c2ccccc2)cc1)c1cccs1. The lowest BCUT2D eigenvalue weighted by Gasteiger charge is -2.23. The Kier molecular flexibility index (Phi) is 7.16. The average molecular weight is 409 g/mol. The molecular weight excluding hydrogens is 384 g/mol. The van der Waals surface area contributed by atoms with Gasteiger partial charge in [-0.2, -0.15) is 0 Å². The van der Waals surface area contributed by atoms with Gasteiger partial charge in [-0.15, -0.1) is 11.3 Å². The number of hydrogen-bond acceptors (Lipinski definition) is 5. The van der Waals surface area contributed by atoms with Crippen LogP contribution in [-0.2, 0) is 4.79 Å². The van der Waals surface area contributed by atoms with E-state index in [4.69, 9.17) is 4.74 Å². The van der Waals surface area contributed by atoms with E-state index in [9.17, 15) is 9.59 Å². The molecule has 3 aromatic rings. The van der Waals surface area contributed by atoms with Crippen LogP contribution in [0.25, 0.3) is 0 Å². The van der Waals surface area contributed by atoms with Gasteiger partial charge in [0.2, 0.25) is 0 Å². The second kappa shape index (κ2) is 10.0. The van der Waals surface area contributed by atoms with Crippen molar-refractivity contribution in [3.63, 3.8) is 0 Å². The lowest BCUT2D eigenvalue weighted by atomic mass is 10.0. The van der Waals surface area contributed by atoms with Crippen LogP contribution in [-0.4, -0.2) is 43.8 Å². The molecular formula is C23H24N2O3S. The maximum absolute atomic E-state index is 12.4. The molecule has 6 heteroatoms. The minimum atomic E-state index is -0.183. The molecule has 1 heterocycles. The Morgan fingerprint density at radius 2 is 1.66 bits per heavy atom. The molecule has 1 atom stereocenters. The molecule has 1 unspecified atom stereocenters. The van der Waals surface area contributed by atoms with Gasteiger partial charge in [0, 0.05) is 22.5 Å². The monoisotopic (exact) mass is 408 g/mol. The van der Waals surface area contributed by atoms with Crippen molar-refractivity contribution in [2.75, 3.05) is 27.2 Å². The van der Waals surface area contributed by atoms with Crippen molar-refractivity contribution >= 4 is 23.0 Å². The fraction of sp³-hybridized carbons (Fsp3) is 0.217. The number of nitrogens with zero attached hydrogens (tertiary/aromatic N) is 1. The predicted molar refractivity (Wildman–Crippen MR) is 116 cm³/mol. The molecule has 2 aromatic carbocycles. The highest BCUT2D eigenvalue weighted by Crippen LogP contribution is 2.22. The third-order valence-electron chi connectivity index (χ3n) is 4.51. The number of thiophene rings is 1. The van der Waals surface area contributed by atoms with Crippen molar-refractivity contribution in [3.8, 4) is 5.75 Å². The molecule has 150 valence electrons. The van der Waals surface area contributed by atoms with E-state index in [-0.39, 0.29) is 24.3 Å². The molecule has 29 heavy (non-hydrogen) atoms. The van der Waals surface area contributed by atoms with Gasteiger partial charge in [-0.3, -0.25) is 9.59 Å². The van der Waals surface area contributed by atoms with Gasteiger partial charge >= 0.3 is 0 Å². The van der Waals surface area contributed by atoms with Gasteiger partial charge in [-0.25, -0.2) is 0 Å². The first kappa shape index (κ1) is 20.8. The fourth-order valence-electron chi connectivity index (χ4n) is 2.89. The summed E-state index contributed by atoms with van der Waals surface area (Å²) in [5.41, 5.74) is 1.22. The molecule has 0 saturated heterocycles. The van der Waals surface area contributed by atoms with Crippen molar-refractivity contribution in [3.05, 3.63) is 88.1 Å². The Morgan fingerprint density at radius 3 is 2.28 bits per heavy atom. The van der Waals surface area contributed by atoms with Gasteiger partial charge in [0.15, 0.2) is 12.4 Å². The van der Waals surface area contributed by atoms with E-state index in [0.29, 0.717) is 23.4 Å². The van der Waals surface area contributed by atoms with Crippen molar-refractivity contribution < 1.29 is 14.3 Å². The normalized spacial score (nSPS) is 11.8. The van der Waals surface area contributed by atoms with Crippen LogP contribution in [0.4, 0.5) is 0 Å². The summed E-state index contributed by atoms with van der Waals surface area (Å²) in [5.74, 6) is 0.322. The standard InChI is InChI=1S/C23H24N2O3S/c1-25(2)20(21-9-6-14-29-21)15-24-22(26)16-28-19-12-10-18(11-13-19)23(27)17-7-4-3-5-8-17/h3-14,20H,15-16H2,1-2H3,(H,24,26). The Balaban J connectivity index is 1.49. The van der Waals surface area contributed by atoms with Gasteiger partial charge in [0.25, 0.3) is 5.91 Å². The third kappa shape index (κ3) is 5.76. The largest absolute Gasteiger partial charge is 0.484 e. The summed E-state index contributed by atoms with van der Waals surface area (Å²) in [4.78, 5) is 27.9. The van der Waals surface area contributed by atoms with Crippen LogP contribution < -0.4 is 10.1 Å². The number of carbonyl (C=O) groups is 2. The zero-order chi connectivity index (χ0) is 20.6. The Bertz CT molecular complexity index is 923. The van der Waals surface area contributed by atoms with E-state index in [1.54, 1.807) is 47.7 Å².